The fraction of sp³-hybridized carbons (Fsp3) is 0.273. The number of fused-ring (bicyclic) bond motifs is 1. The van der Waals surface area contributed by atoms with Crippen LogP contribution >= 0.6 is 0 Å². The molecule has 0 aliphatic heterocycles. The lowest BCUT2D eigenvalue weighted by Gasteiger charge is -2.17. The summed E-state index contributed by atoms with van der Waals surface area (Å²) >= 11 is 0. The van der Waals surface area contributed by atoms with Crippen LogP contribution in [0.3, 0.4) is 0 Å². The maximum absolute atomic E-state index is 9.33. The Balaban J connectivity index is 1.83. The molecule has 0 atom stereocenters. The molecule has 0 fully saturated rings. The van der Waals surface area contributed by atoms with Crippen LogP contribution in [0.1, 0.15) is 32.2 Å². The number of nitrogens with zero attached hydrogens (tertiary/aromatic N) is 6. The molecule has 0 radical (unpaired) electrons. The summed E-state index contributed by atoms with van der Waals surface area (Å²) in [4.78, 5) is 9.14. The molecular weight excluding hydrogens is 348 g/mol. The van der Waals surface area contributed by atoms with Crippen molar-refractivity contribution >= 4 is 5.65 Å². The lowest BCUT2D eigenvalue weighted by molar-refractivity contribution is 0.325. The molecule has 4 aromatic heterocycles. The van der Waals surface area contributed by atoms with E-state index in [0.717, 1.165) is 40.3 Å². The lowest BCUT2D eigenvalue weighted by atomic mass is 9.97. The first kappa shape index (κ1) is 17.9. The summed E-state index contributed by atoms with van der Waals surface area (Å²) in [5.74, 6) is 0. The molecule has 6 heteroatoms. The summed E-state index contributed by atoms with van der Waals surface area (Å²) in [5.41, 5.74) is 5.96. The SMILES string of the molecule is Cc1cn2ccc(-c3nc(C#N)ccc3-c3cnn(CC(C)(C)C)c3)cc2n1. The zero-order valence-electron chi connectivity index (χ0n) is 16.5. The zero-order valence-corrected chi connectivity index (χ0v) is 16.5. The summed E-state index contributed by atoms with van der Waals surface area (Å²) < 4.78 is 3.94. The van der Waals surface area contributed by atoms with E-state index < -0.39 is 0 Å². The molecule has 0 unspecified atom stereocenters. The summed E-state index contributed by atoms with van der Waals surface area (Å²) in [6.07, 6.45) is 7.85. The Bertz CT molecular complexity index is 1200. The van der Waals surface area contributed by atoms with E-state index >= 15 is 0 Å². The molecule has 0 aliphatic carbocycles. The maximum atomic E-state index is 9.33. The van der Waals surface area contributed by atoms with Crippen LogP contribution in [-0.4, -0.2) is 24.1 Å². The summed E-state index contributed by atoms with van der Waals surface area (Å²) in [6, 6.07) is 9.83. The number of rotatable bonds is 3. The van der Waals surface area contributed by atoms with E-state index in [0.29, 0.717) is 5.69 Å². The Morgan fingerprint density at radius 2 is 1.89 bits per heavy atom. The Morgan fingerprint density at radius 1 is 1.07 bits per heavy atom. The number of imidazole rings is 1. The van der Waals surface area contributed by atoms with Crippen molar-refractivity contribution in [3.8, 4) is 28.5 Å². The van der Waals surface area contributed by atoms with E-state index in [1.807, 2.05) is 59.0 Å². The maximum Gasteiger partial charge on any atom is 0.141 e. The molecule has 0 saturated carbocycles. The van der Waals surface area contributed by atoms with Gasteiger partial charge in [-0.25, -0.2) is 9.97 Å². The molecule has 4 rings (SSSR count). The first-order valence-corrected chi connectivity index (χ1v) is 9.22. The molecule has 0 aliphatic rings. The van der Waals surface area contributed by atoms with E-state index in [-0.39, 0.29) is 5.41 Å². The minimum absolute atomic E-state index is 0.138. The first-order chi connectivity index (χ1) is 13.3. The van der Waals surface area contributed by atoms with Gasteiger partial charge >= 0.3 is 0 Å². The van der Waals surface area contributed by atoms with E-state index in [9.17, 15) is 5.26 Å². The van der Waals surface area contributed by atoms with Gasteiger partial charge in [0.25, 0.3) is 0 Å². The second kappa shape index (κ2) is 6.61. The third kappa shape index (κ3) is 3.52. The van der Waals surface area contributed by atoms with Gasteiger partial charge in [-0.05, 0) is 36.6 Å². The zero-order chi connectivity index (χ0) is 19.9. The van der Waals surface area contributed by atoms with Gasteiger partial charge in [0.05, 0.1) is 17.6 Å². The number of aryl methyl sites for hydroxylation is 1. The van der Waals surface area contributed by atoms with E-state index in [4.69, 9.17) is 0 Å². The Labute approximate surface area is 164 Å². The van der Waals surface area contributed by atoms with Crippen LogP contribution < -0.4 is 0 Å². The van der Waals surface area contributed by atoms with Crippen LogP contribution in [-0.2, 0) is 6.54 Å². The second-order valence-electron chi connectivity index (χ2n) is 8.25. The number of nitriles is 1. The Hall–Kier alpha value is -3.46. The van der Waals surface area contributed by atoms with Crippen LogP contribution in [0.4, 0.5) is 0 Å². The molecular formula is C22H22N6. The van der Waals surface area contributed by atoms with E-state index in [2.05, 4.69) is 41.9 Å². The normalized spacial score (nSPS) is 11.7. The molecule has 0 amide bonds. The van der Waals surface area contributed by atoms with Crippen molar-refractivity contribution in [1.82, 2.24) is 24.1 Å². The van der Waals surface area contributed by atoms with Crippen molar-refractivity contribution in [2.45, 2.75) is 34.2 Å². The molecule has 0 N–H and O–H groups in total. The lowest BCUT2D eigenvalue weighted by Crippen LogP contribution is -2.15. The molecule has 0 aromatic carbocycles. The van der Waals surface area contributed by atoms with Gasteiger partial charge in [-0.15, -0.1) is 0 Å². The van der Waals surface area contributed by atoms with Crippen LogP contribution in [0.2, 0.25) is 0 Å². The fourth-order valence-corrected chi connectivity index (χ4v) is 3.31. The molecule has 0 bridgehead atoms. The summed E-state index contributed by atoms with van der Waals surface area (Å²) in [7, 11) is 0. The number of pyridine rings is 2. The highest BCUT2D eigenvalue weighted by atomic mass is 15.3. The average molecular weight is 370 g/mol. The van der Waals surface area contributed by atoms with Crippen LogP contribution in [0.5, 0.6) is 0 Å². The third-order valence-electron chi connectivity index (χ3n) is 4.44. The van der Waals surface area contributed by atoms with Gasteiger partial charge in [0, 0.05) is 41.8 Å². The monoisotopic (exact) mass is 370 g/mol. The molecule has 140 valence electrons. The molecule has 4 heterocycles. The van der Waals surface area contributed by atoms with Crippen molar-refractivity contribution in [2.24, 2.45) is 5.41 Å². The average Bonchev–Trinajstić information content (AvgIpc) is 3.24. The Morgan fingerprint density at radius 3 is 2.64 bits per heavy atom. The number of hydrogen-bond acceptors (Lipinski definition) is 4. The molecule has 6 nitrogen and oxygen atoms in total. The van der Waals surface area contributed by atoms with E-state index in [1.54, 1.807) is 6.07 Å². The fourth-order valence-electron chi connectivity index (χ4n) is 3.31. The minimum atomic E-state index is 0.138. The Kier molecular flexibility index (Phi) is 4.23. The summed E-state index contributed by atoms with van der Waals surface area (Å²) in [6.45, 7) is 9.35. The van der Waals surface area contributed by atoms with Crippen molar-refractivity contribution in [3.05, 3.63) is 60.4 Å². The highest BCUT2D eigenvalue weighted by molar-refractivity contribution is 5.81. The third-order valence-corrected chi connectivity index (χ3v) is 4.44. The molecule has 0 spiro atoms. The topological polar surface area (TPSA) is 71.8 Å². The standard InChI is InChI=1S/C22H22N6/c1-15-12-27-8-7-16(9-20(27)25-15)21-19(6-5-18(10-23)26-21)17-11-24-28(13-17)14-22(2,3)4/h5-9,11-13H,14H2,1-4H3. The quantitative estimate of drug-likeness (QED) is 0.533. The van der Waals surface area contributed by atoms with Gasteiger partial charge in [-0.1, -0.05) is 20.8 Å². The smallest absolute Gasteiger partial charge is 0.141 e. The predicted molar refractivity (Wildman–Crippen MR) is 109 cm³/mol. The number of aromatic nitrogens is 5. The van der Waals surface area contributed by atoms with Crippen LogP contribution in [0, 0.1) is 23.7 Å². The second-order valence-corrected chi connectivity index (χ2v) is 8.25. The predicted octanol–water partition coefficient (Wildman–Crippen LogP) is 4.49. The highest BCUT2D eigenvalue weighted by Gasteiger charge is 2.16. The minimum Gasteiger partial charge on any atom is -0.307 e. The summed E-state index contributed by atoms with van der Waals surface area (Å²) in [5, 5.41) is 13.8. The largest absolute Gasteiger partial charge is 0.307 e. The van der Waals surface area contributed by atoms with Gasteiger partial charge in [-0.3, -0.25) is 4.68 Å². The van der Waals surface area contributed by atoms with Crippen molar-refractivity contribution in [1.29, 1.82) is 5.26 Å². The van der Waals surface area contributed by atoms with Gasteiger partial charge in [-0.2, -0.15) is 10.4 Å². The first-order valence-electron chi connectivity index (χ1n) is 9.22. The highest BCUT2D eigenvalue weighted by Crippen LogP contribution is 2.31. The van der Waals surface area contributed by atoms with Crippen LogP contribution in [0.25, 0.3) is 28.0 Å². The number of hydrogen-bond donors (Lipinski definition) is 0. The van der Waals surface area contributed by atoms with Crippen molar-refractivity contribution in [3.63, 3.8) is 0 Å². The van der Waals surface area contributed by atoms with Crippen molar-refractivity contribution < 1.29 is 0 Å². The van der Waals surface area contributed by atoms with Crippen molar-refractivity contribution in [2.75, 3.05) is 0 Å². The van der Waals surface area contributed by atoms with Crippen LogP contribution in [0.15, 0.2) is 49.1 Å². The van der Waals surface area contributed by atoms with Gasteiger partial charge < -0.3 is 4.40 Å². The van der Waals surface area contributed by atoms with Gasteiger partial charge in [0.2, 0.25) is 0 Å². The van der Waals surface area contributed by atoms with Gasteiger partial charge in [0.15, 0.2) is 0 Å². The molecule has 28 heavy (non-hydrogen) atoms. The molecule has 4 aromatic rings. The van der Waals surface area contributed by atoms with E-state index in [1.165, 1.54) is 0 Å². The molecule has 0 saturated heterocycles. The van der Waals surface area contributed by atoms with Gasteiger partial charge in [0.1, 0.15) is 17.4 Å².